The monoisotopic (exact) mass is 215 g/mol. The Hall–Kier alpha value is -1.38. The molecule has 0 aromatic carbocycles. The van der Waals surface area contributed by atoms with Crippen LogP contribution in [-0.2, 0) is 0 Å². The molecule has 0 aliphatic heterocycles. The minimum atomic E-state index is 0.658. The highest BCUT2D eigenvalue weighted by molar-refractivity contribution is 5.81. The van der Waals surface area contributed by atoms with Crippen LogP contribution in [0.3, 0.4) is 0 Å². The molecule has 0 saturated heterocycles. The summed E-state index contributed by atoms with van der Waals surface area (Å²) in [4.78, 5) is 8.59. The van der Waals surface area contributed by atoms with Gasteiger partial charge in [0.25, 0.3) is 0 Å². The van der Waals surface area contributed by atoms with Gasteiger partial charge in [0.05, 0.1) is 0 Å². The maximum Gasteiger partial charge on any atom is 0.144 e. The number of nitrogens with zero attached hydrogens (tertiary/aromatic N) is 3. The van der Waals surface area contributed by atoms with E-state index in [2.05, 4.69) is 28.4 Å². The molecule has 1 fully saturated rings. The normalized spacial score (nSPS) is 17.4. The van der Waals surface area contributed by atoms with Gasteiger partial charge in [-0.05, 0) is 32.3 Å². The Morgan fingerprint density at radius 1 is 1.25 bits per heavy atom. The summed E-state index contributed by atoms with van der Waals surface area (Å²) in [6.45, 7) is 4.38. The van der Waals surface area contributed by atoms with Gasteiger partial charge in [-0.25, -0.2) is 9.97 Å². The van der Waals surface area contributed by atoms with Crippen LogP contribution in [0.15, 0.2) is 12.5 Å². The van der Waals surface area contributed by atoms with E-state index < -0.39 is 0 Å². The molecule has 84 valence electrons. The van der Waals surface area contributed by atoms with Crippen LogP contribution in [0, 0.1) is 13.8 Å². The van der Waals surface area contributed by atoms with Crippen molar-refractivity contribution in [1.82, 2.24) is 14.5 Å². The zero-order valence-corrected chi connectivity index (χ0v) is 9.90. The van der Waals surface area contributed by atoms with Crippen molar-refractivity contribution >= 4 is 11.0 Å². The first-order valence-corrected chi connectivity index (χ1v) is 6.06. The maximum atomic E-state index is 4.46. The molecule has 16 heavy (non-hydrogen) atoms. The van der Waals surface area contributed by atoms with Gasteiger partial charge >= 0.3 is 0 Å². The molecule has 0 bridgehead atoms. The van der Waals surface area contributed by atoms with Crippen molar-refractivity contribution < 1.29 is 0 Å². The zero-order chi connectivity index (χ0) is 11.1. The zero-order valence-electron chi connectivity index (χ0n) is 9.90. The lowest BCUT2D eigenvalue weighted by atomic mass is 10.2. The molecular formula is C13H17N3. The second kappa shape index (κ2) is 3.58. The predicted molar refractivity (Wildman–Crippen MR) is 64.5 cm³/mol. The van der Waals surface area contributed by atoms with Gasteiger partial charge in [-0.15, -0.1) is 0 Å². The number of hydrogen-bond acceptors (Lipinski definition) is 2. The molecule has 3 nitrogen and oxygen atoms in total. The van der Waals surface area contributed by atoms with Gasteiger partial charge in [0.2, 0.25) is 0 Å². The van der Waals surface area contributed by atoms with E-state index in [4.69, 9.17) is 0 Å². The van der Waals surface area contributed by atoms with Crippen LogP contribution in [0.5, 0.6) is 0 Å². The van der Waals surface area contributed by atoms with Gasteiger partial charge in [0.1, 0.15) is 12.0 Å². The van der Waals surface area contributed by atoms with E-state index in [0.717, 1.165) is 5.65 Å². The molecule has 2 aromatic rings. The Bertz CT molecular complexity index is 521. The van der Waals surface area contributed by atoms with Gasteiger partial charge in [0, 0.05) is 23.3 Å². The molecule has 1 saturated carbocycles. The Labute approximate surface area is 95.5 Å². The van der Waals surface area contributed by atoms with E-state index in [1.54, 1.807) is 6.33 Å². The van der Waals surface area contributed by atoms with Crippen LogP contribution < -0.4 is 0 Å². The summed E-state index contributed by atoms with van der Waals surface area (Å²) in [6.07, 6.45) is 8.91. The standard InChI is InChI=1S/C13H17N3/c1-9-10(2)16(11-5-3-4-6-11)13-12(9)7-14-8-15-13/h7-8,11H,3-6H2,1-2H3. The van der Waals surface area contributed by atoms with Gasteiger partial charge in [-0.2, -0.15) is 0 Å². The lowest BCUT2D eigenvalue weighted by Crippen LogP contribution is -2.07. The second-order valence-corrected chi connectivity index (χ2v) is 4.78. The topological polar surface area (TPSA) is 30.7 Å². The van der Waals surface area contributed by atoms with Crippen LogP contribution in [0.25, 0.3) is 11.0 Å². The molecule has 0 amide bonds. The van der Waals surface area contributed by atoms with E-state index in [-0.39, 0.29) is 0 Å². The Morgan fingerprint density at radius 2 is 2.00 bits per heavy atom. The van der Waals surface area contributed by atoms with Crippen LogP contribution in [0.4, 0.5) is 0 Å². The fraction of sp³-hybridized carbons (Fsp3) is 0.538. The number of rotatable bonds is 1. The summed E-state index contributed by atoms with van der Waals surface area (Å²) in [5.74, 6) is 0. The molecule has 1 aliphatic carbocycles. The Morgan fingerprint density at radius 3 is 2.75 bits per heavy atom. The van der Waals surface area contributed by atoms with Crippen LogP contribution in [0.2, 0.25) is 0 Å². The number of fused-ring (bicyclic) bond motifs is 1. The highest BCUT2D eigenvalue weighted by Crippen LogP contribution is 2.35. The molecule has 0 N–H and O–H groups in total. The summed E-state index contributed by atoms with van der Waals surface area (Å²) in [5.41, 5.74) is 3.82. The lowest BCUT2D eigenvalue weighted by molar-refractivity contribution is 0.521. The van der Waals surface area contributed by atoms with Gasteiger partial charge in [-0.3, -0.25) is 0 Å². The van der Waals surface area contributed by atoms with Crippen molar-refractivity contribution in [2.24, 2.45) is 0 Å². The quantitative estimate of drug-likeness (QED) is 0.731. The second-order valence-electron chi connectivity index (χ2n) is 4.78. The van der Waals surface area contributed by atoms with Crippen molar-refractivity contribution in [2.45, 2.75) is 45.6 Å². The molecule has 3 rings (SSSR count). The molecule has 3 heteroatoms. The smallest absolute Gasteiger partial charge is 0.144 e. The molecule has 1 aliphatic rings. The predicted octanol–water partition coefficient (Wildman–Crippen LogP) is 3.16. The summed E-state index contributed by atoms with van der Waals surface area (Å²) >= 11 is 0. The average molecular weight is 215 g/mol. The molecule has 0 unspecified atom stereocenters. The average Bonchev–Trinajstić information content (AvgIpc) is 2.89. The van der Waals surface area contributed by atoms with Crippen LogP contribution in [0.1, 0.15) is 43.0 Å². The molecule has 0 radical (unpaired) electrons. The summed E-state index contributed by atoms with van der Waals surface area (Å²) in [7, 11) is 0. The first-order chi connectivity index (χ1) is 7.79. The van der Waals surface area contributed by atoms with Crippen molar-refractivity contribution in [2.75, 3.05) is 0 Å². The third-order valence-corrected chi connectivity index (χ3v) is 3.92. The highest BCUT2D eigenvalue weighted by Gasteiger charge is 2.22. The highest BCUT2D eigenvalue weighted by atomic mass is 15.1. The summed E-state index contributed by atoms with van der Waals surface area (Å²) in [6, 6.07) is 0.658. The first kappa shape index (κ1) is 9.82. The molecular weight excluding hydrogens is 198 g/mol. The van der Waals surface area contributed by atoms with Crippen molar-refractivity contribution in [1.29, 1.82) is 0 Å². The molecule has 2 aromatic heterocycles. The largest absolute Gasteiger partial charge is 0.326 e. The number of hydrogen-bond donors (Lipinski definition) is 0. The fourth-order valence-corrected chi connectivity index (χ4v) is 2.92. The summed E-state index contributed by atoms with van der Waals surface area (Å²) in [5, 5.41) is 1.21. The first-order valence-electron chi connectivity index (χ1n) is 6.06. The third kappa shape index (κ3) is 1.27. The van der Waals surface area contributed by atoms with Crippen molar-refractivity contribution in [3.63, 3.8) is 0 Å². The third-order valence-electron chi connectivity index (χ3n) is 3.92. The minimum absolute atomic E-state index is 0.658. The Balaban J connectivity index is 2.26. The molecule has 0 spiro atoms. The van der Waals surface area contributed by atoms with Crippen LogP contribution in [-0.4, -0.2) is 14.5 Å². The SMILES string of the molecule is Cc1c(C)n(C2CCCC2)c2ncncc12. The van der Waals surface area contributed by atoms with Gasteiger partial charge in [0.15, 0.2) is 0 Å². The number of aromatic nitrogens is 3. The van der Waals surface area contributed by atoms with Crippen molar-refractivity contribution in [3.8, 4) is 0 Å². The van der Waals surface area contributed by atoms with E-state index in [9.17, 15) is 0 Å². The molecule has 0 atom stereocenters. The van der Waals surface area contributed by atoms with Gasteiger partial charge < -0.3 is 4.57 Å². The molecule has 2 heterocycles. The van der Waals surface area contributed by atoms with E-state index in [0.29, 0.717) is 6.04 Å². The van der Waals surface area contributed by atoms with Gasteiger partial charge in [-0.1, -0.05) is 12.8 Å². The fourth-order valence-electron chi connectivity index (χ4n) is 2.92. The minimum Gasteiger partial charge on any atom is -0.326 e. The van der Waals surface area contributed by atoms with E-state index in [1.807, 2.05) is 6.20 Å². The lowest BCUT2D eigenvalue weighted by Gasteiger charge is -2.15. The number of aryl methyl sites for hydroxylation is 1. The maximum absolute atomic E-state index is 4.46. The van der Waals surface area contributed by atoms with Crippen molar-refractivity contribution in [3.05, 3.63) is 23.8 Å². The van der Waals surface area contributed by atoms with Crippen LogP contribution >= 0.6 is 0 Å². The van der Waals surface area contributed by atoms with E-state index >= 15 is 0 Å². The Kier molecular flexibility index (Phi) is 2.20. The van der Waals surface area contributed by atoms with E-state index in [1.165, 1.54) is 42.3 Å². The summed E-state index contributed by atoms with van der Waals surface area (Å²) < 4.78 is 2.43.